The molecule has 0 aliphatic carbocycles. The van der Waals surface area contributed by atoms with Gasteiger partial charge in [-0.25, -0.2) is 0 Å². The van der Waals surface area contributed by atoms with E-state index in [4.69, 9.17) is 10.5 Å². The van der Waals surface area contributed by atoms with Crippen molar-refractivity contribution in [3.8, 4) is 0 Å². The molecule has 2 aromatic rings. The first kappa shape index (κ1) is 19.1. The van der Waals surface area contributed by atoms with Crippen LogP contribution in [-0.2, 0) is 22.6 Å². The zero-order valence-corrected chi connectivity index (χ0v) is 15.5. The average molecular weight is 367 g/mol. The standard InChI is InChI=1S/C21H25N3O3/c1-23(13-16-6-3-2-4-7-16)14-17-8-5-9-18(12-17)21(26)24-10-11-27-19(15-24)20(22)25/h2-9,12,19H,10-11,13-15H2,1H3,(H2,22,25). The number of hydrogen-bond acceptors (Lipinski definition) is 4. The lowest BCUT2D eigenvalue weighted by Crippen LogP contribution is -2.50. The van der Waals surface area contributed by atoms with E-state index in [-0.39, 0.29) is 12.5 Å². The van der Waals surface area contributed by atoms with Crippen molar-refractivity contribution in [1.82, 2.24) is 9.80 Å². The third-order valence-corrected chi connectivity index (χ3v) is 4.59. The monoisotopic (exact) mass is 367 g/mol. The number of amides is 2. The zero-order valence-electron chi connectivity index (χ0n) is 15.5. The number of morpholine rings is 1. The number of nitrogens with two attached hydrogens (primary N) is 1. The maximum absolute atomic E-state index is 12.8. The highest BCUT2D eigenvalue weighted by Gasteiger charge is 2.28. The van der Waals surface area contributed by atoms with E-state index in [9.17, 15) is 9.59 Å². The van der Waals surface area contributed by atoms with Crippen LogP contribution < -0.4 is 5.73 Å². The first-order valence-corrected chi connectivity index (χ1v) is 9.04. The molecule has 0 radical (unpaired) electrons. The summed E-state index contributed by atoms with van der Waals surface area (Å²) in [5.74, 6) is -0.638. The summed E-state index contributed by atoms with van der Waals surface area (Å²) in [5, 5.41) is 0. The maximum Gasteiger partial charge on any atom is 0.254 e. The summed E-state index contributed by atoms with van der Waals surface area (Å²) >= 11 is 0. The Morgan fingerprint density at radius 1 is 1.11 bits per heavy atom. The minimum atomic E-state index is -0.733. The molecule has 1 atom stereocenters. The van der Waals surface area contributed by atoms with Crippen LogP contribution in [0.4, 0.5) is 0 Å². The van der Waals surface area contributed by atoms with Gasteiger partial charge in [0, 0.05) is 25.2 Å². The van der Waals surface area contributed by atoms with Crippen LogP contribution >= 0.6 is 0 Å². The van der Waals surface area contributed by atoms with Gasteiger partial charge in [-0.3, -0.25) is 14.5 Å². The predicted molar refractivity (Wildman–Crippen MR) is 103 cm³/mol. The highest BCUT2D eigenvalue weighted by molar-refractivity contribution is 5.95. The molecule has 27 heavy (non-hydrogen) atoms. The summed E-state index contributed by atoms with van der Waals surface area (Å²) < 4.78 is 5.31. The Hall–Kier alpha value is -2.70. The molecule has 2 N–H and O–H groups in total. The van der Waals surface area contributed by atoms with Gasteiger partial charge in [0.2, 0.25) is 5.91 Å². The fourth-order valence-electron chi connectivity index (χ4n) is 3.25. The molecule has 1 aliphatic rings. The summed E-state index contributed by atoms with van der Waals surface area (Å²) in [7, 11) is 2.06. The molecule has 6 heteroatoms. The molecule has 1 fully saturated rings. The molecule has 2 aromatic carbocycles. The van der Waals surface area contributed by atoms with E-state index in [1.54, 1.807) is 11.0 Å². The van der Waals surface area contributed by atoms with Crippen LogP contribution in [0, 0.1) is 0 Å². The fourth-order valence-corrected chi connectivity index (χ4v) is 3.25. The van der Waals surface area contributed by atoms with Gasteiger partial charge in [-0.2, -0.15) is 0 Å². The van der Waals surface area contributed by atoms with Gasteiger partial charge in [-0.1, -0.05) is 42.5 Å². The Bertz CT molecular complexity index is 794. The second-order valence-corrected chi connectivity index (χ2v) is 6.87. The number of benzene rings is 2. The first-order chi connectivity index (χ1) is 13.0. The first-order valence-electron chi connectivity index (χ1n) is 9.04. The number of primary amides is 1. The molecule has 0 spiro atoms. The summed E-state index contributed by atoms with van der Waals surface area (Å²) in [6.07, 6.45) is -0.733. The lowest BCUT2D eigenvalue weighted by Gasteiger charge is -2.31. The molecule has 1 heterocycles. The van der Waals surface area contributed by atoms with Gasteiger partial charge in [-0.05, 0) is 30.3 Å². The van der Waals surface area contributed by atoms with Gasteiger partial charge in [0.25, 0.3) is 5.91 Å². The van der Waals surface area contributed by atoms with Gasteiger partial charge in [0.1, 0.15) is 0 Å². The topological polar surface area (TPSA) is 75.9 Å². The second-order valence-electron chi connectivity index (χ2n) is 6.87. The van der Waals surface area contributed by atoms with E-state index >= 15 is 0 Å². The fraction of sp³-hybridized carbons (Fsp3) is 0.333. The molecular formula is C21H25N3O3. The molecule has 0 bridgehead atoms. The Morgan fingerprint density at radius 2 is 1.81 bits per heavy atom. The quantitative estimate of drug-likeness (QED) is 0.842. The second kappa shape index (κ2) is 8.79. The molecular weight excluding hydrogens is 342 g/mol. The summed E-state index contributed by atoms with van der Waals surface area (Å²) in [5.41, 5.74) is 8.24. The van der Waals surface area contributed by atoms with Gasteiger partial charge < -0.3 is 15.4 Å². The largest absolute Gasteiger partial charge is 0.367 e. The Morgan fingerprint density at radius 3 is 2.56 bits per heavy atom. The third-order valence-electron chi connectivity index (χ3n) is 4.59. The molecule has 142 valence electrons. The van der Waals surface area contributed by atoms with Crippen LogP contribution in [0.3, 0.4) is 0 Å². The Kier molecular flexibility index (Phi) is 6.21. The lowest BCUT2D eigenvalue weighted by molar-refractivity contribution is -0.133. The molecule has 3 rings (SSSR count). The number of carbonyl (C=O) groups excluding carboxylic acids is 2. The highest BCUT2D eigenvalue weighted by atomic mass is 16.5. The van der Waals surface area contributed by atoms with Crippen molar-refractivity contribution in [2.24, 2.45) is 5.73 Å². The third kappa shape index (κ3) is 5.15. The van der Waals surface area contributed by atoms with Crippen molar-refractivity contribution in [3.63, 3.8) is 0 Å². The molecule has 6 nitrogen and oxygen atoms in total. The number of nitrogens with zero attached hydrogens (tertiary/aromatic N) is 2. The normalized spacial score (nSPS) is 17.1. The molecule has 1 aliphatic heterocycles. The summed E-state index contributed by atoms with van der Waals surface area (Å²) in [6, 6.07) is 17.9. The van der Waals surface area contributed by atoms with Crippen molar-refractivity contribution in [2.75, 3.05) is 26.7 Å². The van der Waals surface area contributed by atoms with Gasteiger partial charge in [0.05, 0.1) is 13.2 Å². The minimum absolute atomic E-state index is 0.0999. The smallest absolute Gasteiger partial charge is 0.254 e. The molecule has 1 saturated heterocycles. The molecule has 0 aromatic heterocycles. The van der Waals surface area contributed by atoms with Crippen molar-refractivity contribution in [2.45, 2.75) is 19.2 Å². The molecule has 2 amide bonds. The van der Waals surface area contributed by atoms with Crippen LogP contribution in [0.25, 0.3) is 0 Å². The van der Waals surface area contributed by atoms with E-state index in [1.165, 1.54) is 5.56 Å². The van der Waals surface area contributed by atoms with E-state index in [0.29, 0.717) is 18.7 Å². The summed E-state index contributed by atoms with van der Waals surface area (Å²) in [4.78, 5) is 28.0. The predicted octanol–water partition coefficient (Wildman–Crippen LogP) is 1.64. The number of carbonyl (C=O) groups is 2. The zero-order chi connectivity index (χ0) is 19.2. The Balaban J connectivity index is 1.64. The van der Waals surface area contributed by atoms with E-state index < -0.39 is 12.0 Å². The van der Waals surface area contributed by atoms with Crippen molar-refractivity contribution < 1.29 is 14.3 Å². The van der Waals surface area contributed by atoms with E-state index in [0.717, 1.165) is 18.7 Å². The van der Waals surface area contributed by atoms with Crippen LogP contribution in [0.2, 0.25) is 0 Å². The van der Waals surface area contributed by atoms with Crippen LogP contribution in [0.5, 0.6) is 0 Å². The highest BCUT2D eigenvalue weighted by Crippen LogP contribution is 2.14. The molecule has 1 unspecified atom stereocenters. The SMILES string of the molecule is CN(Cc1ccccc1)Cc1cccc(C(=O)N2CCOC(C(N)=O)C2)c1. The minimum Gasteiger partial charge on any atom is -0.367 e. The summed E-state index contributed by atoms with van der Waals surface area (Å²) in [6.45, 7) is 2.55. The van der Waals surface area contributed by atoms with Gasteiger partial charge in [-0.15, -0.1) is 0 Å². The van der Waals surface area contributed by atoms with Crippen LogP contribution in [0.15, 0.2) is 54.6 Å². The average Bonchev–Trinajstić information content (AvgIpc) is 2.68. The van der Waals surface area contributed by atoms with Crippen LogP contribution in [0.1, 0.15) is 21.5 Å². The maximum atomic E-state index is 12.8. The lowest BCUT2D eigenvalue weighted by atomic mass is 10.1. The van der Waals surface area contributed by atoms with Gasteiger partial charge in [0.15, 0.2) is 6.10 Å². The van der Waals surface area contributed by atoms with E-state index in [1.807, 2.05) is 36.4 Å². The number of hydrogen-bond donors (Lipinski definition) is 1. The van der Waals surface area contributed by atoms with E-state index in [2.05, 4.69) is 24.1 Å². The van der Waals surface area contributed by atoms with Gasteiger partial charge >= 0.3 is 0 Å². The van der Waals surface area contributed by atoms with Crippen molar-refractivity contribution in [1.29, 1.82) is 0 Å². The molecule has 0 saturated carbocycles. The van der Waals surface area contributed by atoms with Crippen molar-refractivity contribution in [3.05, 3.63) is 71.3 Å². The number of ether oxygens (including phenoxy) is 1. The number of rotatable bonds is 6. The Labute approximate surface area is 159 Å². The van der Waals surface area contributed by atoms with Crippen LogP contribution in [-0.4, -0.2) is 54.5 Å². The van der Waals surface area contributed by atoms with Crippen molar-refractivity contribution >= 4 is 11.8 Å².